The van der Waals surface area contributed by atoms with E-state index in [1.807, 2.05) is 38.1 Å². The monoisotopic (exact) mass is 508 g/mol. The lowest BCUT2D eigenvalue weighted by atomic mass is 10.1. The molecular formula is C26H22BrFN2O3. The fourth-order valence-corrected chi connectivity index (χ4v) is 3.63. The minimum atomic E-state index is -0.513. The Balaban J connectivity index is 1.87. The molecule has 1 N–H and O–H groups in total. The average molecular weight is 509 g/mol. The van der Waals surface area contributed by atoms with E-state index in [9.17, 15) is 14.4 Å². The van der Waals surface area contributed by atoms with Gasteiger partial charge in [0, 0.05) is 11.3 Å². The lowest BCUT2D eigenvalue weighted by molar-refractivity contribution is -0.112. The number of hydrogen-bond donors (Lipinski definition) is 1. The van der Waals surface area contributed by atoms with Gasteiger partial charge in [-0.25, -0.2) is 4.39 Å². The lowest BCUT2D eigenvalue weighted by Crippen LogP contribution is -2.14. The minimum Gasteiger partial charge on any atom is -0.490 e. The highest BCUT2D eigenvalue weighted by molar-refractivity contribution is 9.10. The SMILES string of the molecule is CCOc1cc(/C=C(\C#N)C(=O)Nc2ccccc2C)cc(Br)c1OCc1ccccc1F. The van der Waals surface area contributed by atoms with E-state index in [0.717, 1.165) is 5.56 Å². The second-order valence-corrected chi connectivity index (χ2v) is 7.94. The number of carbonyl (C=O) groups is 1. The summed E-state index contributed by atoms with van der Waals surface area (Å²) in [5.74, 6) is -0.0589. The molecule has 7 heteroatoms. The molecule has 0 atom stereocenters. The van der Waals surface area contributed by atoms with Crippen molar-refractivity contribution < 1.29 is 18.7 Å². The van der Waals surface area contributed by atoms with Crippen molar-refractivity contribution in [2.75, 3.05) is 11.9 Å². The summed E-state index contributed by atoms with van der Waals surface area (Å²) in [5, 5.41) is 12.3. The third-order valence-corrected chi connectivity index (χ3v) is 5.32. The summed E-state index contributed by atoms with van der Waals surface area (Å²) < 4.78 is 26.0. The highest BCUT2D eigenvalue weighted by Gasteiger charge is 2.15. The van der Waals surface area contributed by atoms with Crippen molar-refractivity contribution in [3.05, 3.63) is 93.2 Å². The molecule has 0 spiro atoms. The molecule has 0 radical (unpaired) electrons. The predicted octanol–water partition coefficient (Wildman–Crippen LogP) is 6.42. The standard InChI is InChI=1S/C26H22BrFN2O3/c1-3-32-24-14-18(12-20(15-29)26(31)30-23-11-7-4-8-17(23)2)13-21(27)25(24)33-16-19-9-5-6-10-22(19)28/h4-14H,3,16H2,1-2H3,(H,30,31)/b20-12+. The molecule has 3 aromatic rings. The molecule has 3 aromatic carbocycles. The van der Waals surface area contributed by atoms with Crippen molar-refractivity contribution >= 4 is 33.6 Å². The first-order valence-electron chi connectivity index (χ1n) is 10.2. The Labute approximate surface area is 200 Å². The summed E-state index contributed by atoms with van der Waals surface area (Å²) >= 11 is 3.46. The lowest BCUT2D eigenvalue weighted by Gasteiger charge is -2.15. The smallest absolute Gasteiger partial charge is 0.266 e. The molecule has 0 heterocycles. The summed E-state index contributed by atoms with van der Waals surface area (Å²) in [5.41, 5.74) is 2.45. The van der Waals surface area contributed by atoms with Gasteiger partial charge in [0.25, 0.3) is 5.91 Å². The number of para-hydroxylation sites is 1. The Morgan fingerprint density at radius 1 is 1.15 bits per heavy atom. The summed E-state index contributed by atoms with van der Waals surface area (Å²) in [7, 11) is 0. The first-order chi connectivity index (χ1) is 15.9. The summed E-state index contributed by atoms with van der Waals surface area (Å²) in [6.45, 7) is 4.08. The first kappa shape index (κ1) is 24.0. The molecule has 33 heavy (non-hydrogen) atoms. The van der Waals surface area contributed by atoms with Crippen LogP contribution in [0, 0.1) is 24.1 Å². The number of halogens is 2. The largest absolute Gasteiger partial charge is 0.490 e. The van der Waals surface area contributed by atoms with E-state index in [-0.39, 0.29) is 18.0 Å². The van der Waals surface area contributed by atoms with E-state index in [1.165, 1.54) is 12.1 Å². The molecule has 3 rings (SSSR count). The van der Waals surface area contributed by atoms with Crippen molar-refractivity contribution in [1.29, 1.82) is 5.26 Å². The number of rotatable bonds is 8. The van der Waals surface area contributed by atoms with E-state index >= 15 is 0 Å². The molecule has 1 amide bonds. The van der Waals surface area contributed by atoms with E-state index in [2.05, 4.69) is 21.2 Å². The maximum absolute atomic E-state index is 13.9. The zero-order valence-corrected chi connectivity index (χ0v) is 19.8. The maximum Gasteiger partial charge on any atom is 0.266 e. The van der Waals surface area contributed by atoms with E-state index in [1.54, 1.807) is 36.4 Å². The number of hydrogen-bond acceptors (Lipinski definition) is 4. The van der Waals surface area contributed by atoms with Crippen LogP contribution in [0.1, 0.15) is 23.6 Å². The Morgan fingerprint density at radius 3 is 2.58 bits per heavy atom. The van der Waals surface area contributed by atoms with Gasteiger partial charge in [-0.1, -0.05) is 36.4 Å². The van der Waals surface area contributed by atoms with Crippen molar-refractivity contribution in [2.45, 2.75) is 20.5 Å². The van der Waals surface area contributed by atoms with Crippen LogP contribution in [0.4, 0.5) is 10.1 Å². The van der Waals surface area contributed by atoms with Crippen LogP contribution in [0.2, 0.25) is 0 Å². The highest BCUT2D eigenvalue weighted by atomic mass is 79.9. The topological polar surface area (TPSA) is 71.3 Å². The second kappa shape index (κ2) is 11.3. The van der Waals surface area contributed by atoms with Gasteiger partial charge in [0.2, 0.25) is 0 Å². The number of nitrogens with zero attached hydrogens (tertiary/aromatic N) is 1. The Hall–Kier alpha value is -3.63. The number of carbonyl (C=O) groups excluding carboxylic acids is 1. The summed E-state index contributed by atoms with van der Waals surface area (Å²) in [4.78, 5) is 12.6. The predicted molar refractivity (Wildman–Crippen MR) is 129 cm³/mol. The highest BCUT2D eigenvalue weighted by Crippen LogP contribution is 2.38. The van der Waals surface area contributed by atoms with Gasteiger partial charge in [0.15, 0.2) is 11.5 Å². The molecule has 0 bridgehead atoms. The molecule has 0 saturated heterocycles. The van der Waals surface area contributed by atoms with Crippen LogP contribution in [-0.2, 0) is 11.4 Å². The van der Waals surface area contributed by atoms with Crippen molar-refractivity contribution in [2.24, 2.45) is 0 Å². The van der Waals surface area contributed by atoms with Crippen molar-refractivity contribution in [1.82, 2.24) is 0 Å². The third-order valence-electron chi connectivity index (χ3n) is 4.73. The average Bonchev–Trinajstić information content (AvgIpc) is 2.79. The molecule has 168 valence electrons. The molecule has 5 nitrogen and oxygen atoms in total. The van der Waals surface area contributed by atoms with E-state index < -0.39 is 5.91 Å². The van der Waals surface area contributed by atoms with Crippen LogP contribution in [-0.4, -0.2) is 12.5 Å². The van der Waals surface area contributed by atoms with Crippen LogP contribution in [0.3, 0.4) is 0 Å². The van der Waals surface area contributed by atoms with Gasteiger partial charge < -0.3 is 14.8 Å². The summed E-state index contributed by atoms with van der Waals surface area (Å²) in [6.07, 6.45) is 1.47. The zero-order valence-electron chi connectivity index (χ0n) is 18.2. The maximum atomic E-state index is 13.9. The van der Waals surface area contributed by atoms with Crippen molar-refractivity contribution in [3.8, 4) is 17.6 Å². The Morgan fingerprint density at radius 2 is 1.88 bits per heavy atom. The van der Waals surface area contributed by atoms with E-state index in [4.69, 9.17) is 9.47 Å². The quantitative estimate of drug-likeness (QED) is 0.281. The minimum absolute atomic E-state index is 0.0167. The van der Waals surface area contributed by atoms with Crippen LogP contribution in [0.5, 0.6) is 11.5 Å². The molecule has 0 unspecified atom stereocenters. The third kappa shape index (κ3) is 6.21. The number of ether oxygens (including phenoxy) is 2. The van der Waals surface area contributed by atoms with E-state index in [0.29, 0.717) is 39.4 Å². The normalized spacial score (nSPS) is 10.9. The fraction of sp³-hybridized carbons (Fsp3) is 0.154. The molecule has 0 aliphatic rings. The second-order valence-electron chi connectivity index (χ2n) is 7.08. The van der Waals surface area contributed by atoms with Gasteiger partial charge in [0.1, 0.15) is 24.1 Å². The van der Waals surface area contributed by atoms with Crippen LogP contribution < -0.4 is 14.8 Å². The Bertz CT molecular complexity index is 1230. The fourth-order valence-electron chi connectivity index (χ4n) is 3.06. The van der Waals surface area contributed by atoms with Gasteiger partial charge in [0.05, 0.1) is 11.1 Å². The van der Waals surface area contributed by atoms with Gasteiger partial charge >= 0.3 is 0 Å². The van der Waals surface area contributed by atoms with Crippen LogP contribution >= 0.6 is 15.9 Å². The van der Waals surface area contributed by atoms with Gasteiger partial charge in [-0.05, 0) is 71.2 Å². The number of nitrogens with one attached hydrogen (secondary N) is 1. The van der Waals surface area contributed by atoms with Gasteiger partial charge in [-0.2, -0.15) is 5.26 Å². The zero-order chi connectivity index (χ0) is 23.8. The molecule has 0 aromatic heterocycles. The molecule has 0 aliphatic carbocycles. The first-order valence-corrected chi connectivity index (χ1v) is 11.0. The molecular weight excluding hydrogens is 487 g/mol. The van der Waals surface area contributed by atoms with Crippen LogP contribution in [0.25, 0.3) is 6.08 Å². The Kier molecular flexibility index (Phi) is 8.22. The number of nitriles is 1. The summed E-state index contributed by atoms with van der Waals surface area (Å²) in [6, 6.07) is 19.0. The number of benzene rings is 3. The molecule has 0 aliphatic heterocycles. The van der Waals surface area contributed by atoms with Crippen LogP contribution in [0.15, 0.2) is 70.7 Å². The number of anilines is 1. The van der Waals surface area contributed by atoms with Gasteiger partial charge in [-0.15, -0.1) is 0 Å². The number of amides is 1. The molecule has 0 fully saturated rings. The molecule has 0 saturated carbocycles. The van der Waals surface area contributed by atoms with Gasteiger partial charge in [-0.3, -0.25) is 4.79 Å². The van der Waals surface area contributed by atoms with Crippen molar-refractivity contribution in [3.63, 3.8) is 0 Å². The number of aryl methyl sites for hydroxylation is 1.